The van der Waals surface area contributed by atoms with Crippen molar-refractivity contribution in [3.63, 3.8) is 0 Å². The Kier molecular flexibility index (Phi) is 1.64. The minimum Gasteiger partial charge on any atom is -0.396 e. The molecule has 1 saturated heterocycles. The molecule has 0 aromatic carbocycles. The van der Waals surface area contributed by atoms with Crippen molar-refractivity contribution >= 4 is 0 Å². The summed E-state index contributed by atoms with van der Waals surface area (Å²) in [5.41, 5.74) is 0. The van der Waals surface area contributed by atoms with E-state index in [1.165, 1.54) is 0 Å². The molecule has 2 fully saturated rings. The maximum Gasteiger partial charge on any atom is 0.0878 e. The molecule has 1 saturated carbocycles. The van der Waals surface area contributed by atoms with Crippen molar-refractivity contribution in [2.45, 2.75) is 18.3 Å². The number of hydrogen-bond acceptors (Lipinski definition) is 4. The van der Waals surface area contributed by atoms with Crippen LogP contribution in [0.4, 0.5) is 0 Å². The first-order chi connectivity index (χ1) is 5.25. The molecule has 4 nitrogen and oxygen atoms in total. The van der Waals surface area contributed by atoms with E-state index in [0.717, 1.165) is 0 Å². The van der Waals surface area contributed by atoms with Gasteiger partial charge in [0.1, 0.15) is 0 Å². The molecule has 2 rings (SSSR count). The van der Waals surface area contributed by atoms with Gasteiger partial charge in [-0.25, -0.2) is 0 Å². The van der Waals surface area contributed by atoms with Crippen LogP contribution < -0.4 is 0 Å². The summed E-state index contributed by atoms with van der Waals surface area (Å²) >= 11 is 0. The van der Waals surface area contributed by atoms with E-state index in [2.05, 4.69) is 0 Å². The number of rotatable bonds is 1. The summed E-state index contributed by atoms with van der Waals surface area (Å²) in [6.07, 6.45) is -1.63. The molecular weight excluding hydrogens is 148 g/mol. The van der Waals surface area contributed by atoms with Crippen molar-refractivity contribution in [1.82, 2.24) is 0 Å². The molecule has 1 heterocycles. The van der Waals surface area contributed by atoms with Crippen LogP contribution in [-0.4, -0.2) is 46.8 Å². The number of aliphatic hydroxyl groups excluding tert-OH is 3. The number of aliphatic hydroxyl groups is 3. The summed E-state index contributed by atoms with van der Waals surface area (Å²) in [5, 5.41) is 27.5. The Balaban J connectivity index is 2.11. The van der Waals surface area contributed by atoms with Crippen LogP contribution in [0.2, 0.25) is 0 Å². The molecular formula is C7H12O4. The molecule has 11 heavy (non-hydrogen) atoms. The third-order valence-corrected chi connectivity index (χ3v) is 2.76. The zero-order valence-electron chi connectivity index (χ0n) is 6.05. The van der Waals surface area contributed by atoms with Crippen LogP contribution in [0.25, 0.3) is 0 Å². The van der Waals surface area contributed by atoms with Crippen LogP contribution >= 0.6 is 0 Å². The van der Waals surface area contributed by atoms with E-state index in [0.29, 0.717) is 6.61 Å². The van der Waals surface area contributed by atoms with Crippen molar-refractivity contribution in [2.24, 2.45) is 11.8 Å². The molecule has 0 bridgehead atoms. The lowest BCUT2D eigenvalue weighted by Crippen LogP contribution is -2.43. The lowest BCUT2D eigenvalue weighted by atomic mass is 9.96. The predicted octanol–water partition coefficient (Wildman–Crippen LogP) is -1.65. The summed E-state index contributed by atoms with van der Waals surface area (Å²) < 4.78 is 5.12. The Morgan fingerprint density at radius 1 is 1.27 bits per heavy atom. The molecule has 0 radical (unpaired) electrons. The Morgan fingerprint density at radius 3 is 2.27 bits per heavy atom. The first-order valence-electron chi connectivity index (χ1n) is 3.84. The normalized spacial score (nSPS) is 55.4. The van der Waals surface area contributed by atoms with E-state index in [-0.39, 0.29) is 24.5 Å². The SMILES string of the molecule is OCC1C(O)C(O)[C@@H]2COC12. The van der Waals surface area contributed by atoms with Crippen LogP contribution in [0.15, 0.2) is 0 Å². The molecule has 0 spiro atoms. The smallest absolute Gasteiger partial charge is 0.0878 e. The fraction of sp³-hybridized carbons (Fsp3) is 1.00. The van der Waals surface area contributed by atoms with Crippen LogP contribution in [0.5, 0.6) is 0 Å². The van der Waals surface area contributed by atoms with E-state index in [9.17, 15) is 10.2 Å². The average molecular weight is 160 g/mol. The van der Waals surface area contributed by atoms with Gasteiger partial charge in [0.25, 0.3) is 0 Å². The van der Waals surface area contributed by atoms with Gasteiger partial charge in [-0.05, 0) is 0 Å². The summed E-state index contributed by atoms with van der Waals surface area (Å²) in [7, 11) is 0. The van der Waals surface area contributed by atoms with E-state index < -0.39 is 12.2 Å². The van der Waals surface area contributed by atoms with Gasteiger partial charge in [0.2, 0.25) is 0 Å². The first-order valence-corrected chi connectivity index (χ1v) is 3.84. The summed E-state index contributed by atoms with van der Waals surface area (Å²) in [4.78, 5) is 0. The number of fused-ring (bicyclic) bond motifs is 1. The largest absolute Gasteiger partial charge is 0.396 e. The van der Waals surface area contributed by atoms with Gasteiger partial charge in [-0.3, -0.25) is 0 Å². The molecule has 1 aliphatic carbocycles. The minimum absolute atomic E-state index is 0.0437. The third-order valence-electron chi connectivity index (χ3n) is 2.76. The van der Waals surface area contributed by atoms with Gasteiger partial charge >= 0.3 is 0 Å². The van der Waals surface area contributed by atoms with Crippen molar-refractivity contribution in [1.29, 1.82) is 0 Å². The van der Waals surface area contributed by atoms with Gasteiger partial charge in [-0.15, -0.1) is 0 Å². The molecule has 5 atom stereocenters. The Hall–Kier alpha value is -0.160. The predicted molar refractivity (Wildman–Crippen MR) is 35.8 cm³/mol. The lowest BCUT2D eigenvalue weighted by molar-refractivity contribution is -0.141. The quantitative estimate of drug-likeness (QED) is 0.429. The second-order valence-electron chi connectivity index (χ2n) is 3.29. The average Bonchev–Trinajstić information content (AvgIpc) is 2.09. The van der Waals surface area contributed by atoms with Crippen molar-refractivity contribution in [3.8, 4) is 0 Å². The monoisotopic (exact) mass is 160 g/mol. The maximum absolute atomic E-state index is 9.35. The standard InChI is InChI=1S/C7H12O4/c8-1-3-5(9)6(10)4-2-11-7(3)4/h3-10H,1-2H2/t3?,4-,5?,6?,7?/m0/s1. The Morgan fingerprint density at radius 2 is 2.00 bits per heavy atom. The number of ether oxygens (including phenoxy) is 1. The fourth-order valence-corrected chi connectivity index (χ4v) is 1.97. The third kappa shape index (κ3) is 0.840. The first kappa shape index (κ1) is 7.49. The topological polar surface area (TPSA) is 69.9 Å². The molecule has 1 aliphatic heterocycles. The highest BCUT2D eigenvalue weighted by atomic mass is 16.5. The van der Waals surface area contributed by atoms with Crippen LogP contribution in [0.3, 0.4) is 0 Å². The molecule has 0 aromatic rings. The Labute approximate surface area is 64.4 Å². The zero-order valence-corrected chi connectivity index (χ0v) is 6.05. The molecule has 4 heteroatoms. The Bertz CT molecular complexity index is 155. The lowest BCUT2D eigenvalue weighted by Gasteiger charge is -2.34. The molecule has 0 amide bonds. The van der Waals surface area contributed by atoms with Gasteiger partial charge in [0.15, 0.2) is 0 Å². The van der Waals surface area contributed by atoms with Crippen molar-refractivity contribution in [3.05, 3.63) is 0 Å². The molecule has 2 aliphatic rings. The summed E-state index contributed by atoms with van der Waals surface area (Å²) in [6, 6.07) is 0. The van der Waals surface area contributed by atoms with E-state index in [1.807, 2.05) is 0 Å². The number of hydrogen-bond donors (Lipinski definition) is 3. The van der Waals surface area contributed by atoms with E-state index in [4.69, 9.17) is 9.84 Å². The highest BCUT2D eigenvalue weighted by Crippen LogP contribution is 2.40. The van der Waals surface area contributed by atoms with Gasteiger partial charge in [-0.2, -0.15) is 0 Å². The van der Waals surface area contributed by atoms with Crippen molar-refractivity contribution in [2.75, 3.05) is 13.2 Å². The molecule has 4 unspecified atom stereocenters. The van der Waals surface area contributed by atoms with Crippen molar-refractivity contribution < 1.29 is 20.1 Å². The van der Waals surface area contributed by atoms with E-state index >= 15 is 0 Å². The minimum atomic E-state index is -0.808. The summed E-state index contributed by atoms with van der Waals surface area (Å²) in [5.74, 6) is -0.245. The van der Waals surface area contributed by atoms with Gasteiger partial charge in [0.05, 0.1) is 31.5 Å². The highest BCUT2D eigenvalue weighted by molar-refractivity contribution is 5.02. The second kappa shape index (κ2) is 2.42. The van der Waals surface area contributed by atoms with Crippen LogP contribution in [-0.2, 0) is 4.74 Å². The van der Waals surface area contributed by atoms with Crippen LogP contribution in [0, 0.1) is 11.8 Å². The van der Waals surface area contributed by atoms with E-state index in [1.54, 1.807) is 0 Å². The summed E-state index contributed by atoms with van der Waals surface area (Å²) in [6.45, 7) is 0.402. The van der Waals surface area contributed by atoms with Gasteiger partial charge in [0, 0.05) is 11.8 Å². The molecule has 64 valence electrons. The van der Waals surface area contributed by atoms with Gasteiger partial charge in [-0.1, -0.05) is 0 Å². The molecule has 3 N–H and O–H groups in total. The highest BCUT2D eigenvalue weighted by Gasteiger charge is 2.54. The second-order valence-corrected chi connectivity index (χ2v) is 3.29. The molecule has 0 aromatic heterocycles. The van der Waals surface area contributed by atoms with Crippen LogP contribution in [0.1, 0.15) is 0 Å². The van der Waals surface area contributed by atoms with Gasteiger partial charge < -0.3 is 20.1 Å². The maximum atomic E-state index is 9.35. The fourth-order valence-electron chi connectivity index (χ4n) is 1.97. The zero-order chi connectivity index (χ0) is 8.01.